The number of Topliss-reactive ketones (excluding diaryl/α,β-unsaturated/α-hetero) is 1. The molecule has 2 aromatic carbocycles. The maximum Gasteiger partial charge on any atom is 0.573 e. The molecule has 3 rings (SSSR count). The highest BCUT2D eigenvalue weighted by Crippen LogP contribution is 2.38. The number of ether oxygens (including phenoxy) is 1. The van der Waals surface area contributed by atoms with Gasteiger partial charge in [-0.1, -0.05) is 36.4 Å². The number of alkyl halides is 3. The molecule has 1 aliphatic carbocycles. The van der Waals surface area contributed by atoms with E-state index in [1.54, 1.807) is 30.3 Å². The summed E-state index contributed by atoms with van der Waals surface area (Å²) in [5, 5.41) is 0. The number of rotatable bonds is 2. The van der Waals surface area contributed by atoms with Crippen molar-refractivity contribution in [1.82, 2.24) is 0 Å². The Morgan fingerprint density at radius 1 is 0.857 bits per heavy atom. The van der Waals surface area contributed by atoms with Gasteiger partial charge in [-0.15, -0.1) is 13.2 Å². The molecular weight excluding hydrogens is 281 g/mol. The SMILES string of the molecule is O=C1CCc2c1cccc2-c1ccccc1OC(F)(F)F. The number of ketones is 1. The second-order valence-electron chi connectivity index (χ2n) is 4.80. The summed E-state index contributed by atoms with van der Waals surface area (Å²) < 4.78 is 41.6. The molecule has 2 nitrogen and oxygen atoms in total. The first-order valence-corrected chi connectivity index (χ1v) is 6.46. The molecule has 0 saturated heterocycles. The first kappa shape index (κ1) is 13.7. The molecule has 0 radical (unpaired) electrons. The van der Waals surface area contributed by atoms with E-state index < -0.39 is 6.36 Å². The van der Waals surface area contributed by atoms with E-state index in [0.717, 1.165) is 5.56 Å². The van der Waals surface area contributed by atoms with E-state index >= 15 is 0 Å². The summed E-state index contributed by atoms with van der Waals surface area (Å²) in [5.74, 6) is -0.223. The zero-order chi connectivity index (χ0) is 15.0. The maximum atomic E-state index is 12.5. The smallest absolute Gasteiger partial charge is 0.405 e. The standard InChI is InChI=1S/C16H11F3O2/c17-16(18,19)21-15-7-2-1-4-13(15)10-5-3-6-12-11(10)8-9-14(12)20/h1-7H,8-9H2. The van der Waals surface area contributed by atoms with Crippen molar-refractivity contribution in [3.05, 3.63) is 53.6 Å². The summed E-state index contributed by atoms with van der Waals surface area (Å²) in [4.78, 5) is 11.8. The van der Waals surface area contributed by atoms with Gasteiger partial charge in [-0.05, 0) is 23.6 Å². The van der Waals surface area contributed by atoms with Gasteiger partial charge in [0.25, 0.3) is 0 Å². The van der Waals surface area contributed by atoms with Gasteiger partial charge < -0.3 is 4.74 Å². The van der Waals surface area contributed by atoms with Gasteiger partial charge in [-0.3, -0.25) is 4.79 Å². The highest BCUT2D eigenvalue weighted by molar-refractivity contribution is 6.02. The van der Waals surface area contributed by atoms with Gasteiger partial charge in [0.15, 0.2) is 5.78 Å². The molecule has 0 unspecified atom stereocenters. The lowest BCUT2D eigenvalue weighted by molar-refractivity contribution is -0.274. The lowest BCUT2D eigenvalue weighted by Gasteiger charge is -2.15. The van der Waals surface area contributed by atoms with Crippen LogP contribution in [0.5, 0.6) is 5.75 Å². The Hall–Kier alpha value is -2.30. The molecule has 2 aromatic rings. The third kappa shape index (κ3) is 2.63. The maximum absolute atomic E-state index is 12.5. The first-order valence-electron chi connectivity index (χ1n) is 6.46. The molecule has 0 spiro atoms. The van der Waals surface area contributed by atoms with Crippen LogP contribution in [0.3, 0.4) is 0 Å². The van der Waals surface area contributed by atoms with E-state index in [1.165, 1.54) is 12.1 Å². The number of para-hydroxylation sites is 1. The highest BCUT2D eigenvalue weighted by Gasteiger charge is 2.32. The average molecular weight is 292 g/mol. The van der Waals surface area contributed by atoms with Gasteiger partial charge in [0.05, 0.1) is 0 Å². The van der Waals surface area contributed by atoms with E-state index in [2.05, 4.69) is 4.74 Å². The Labute approximate surface area is 119 Å². The van der Waals surface area contributed by atoms with E-state index in [0.29, 0.717) is 29.5 Å². The average Bonchev–Trinajstić information content (AvgIpc) is 2.80. The lowest BCUT2D eigenvalue weighted by Crippen LogP contribution is -2.17. The van der Waals surface area contributed by atoms with Crippen LogP contribution < -0.4 is 4.74 Å². The summed E-state index contributed by atoms with van der Waals surface area (Å²) >= 11 is 0. The largest absolute Gasteiger partial charge is 0.573 e. The molecule has 0 aromatic heterocycles. The predicted molar refractivity (Wildman–Crippen MR) is 71.2 cm³/mol. The molecule has 108 valence electrons. The van der Waals surface area contributed by atoms with Crippen molar-refractivity contribution in [2.75, 3.05) is 0 Å². The molecule has 0 N–H and O–H groups in total. The van der Waals surface area contributed by atoms with Gasteiger partial charge in [-0.25, -0.2) is 0 Å². The molecule has 0 heterocycles. The molecule has 1 aliphatic rings. The number of benzene rings is 2. The van der Waals surface area contributed by atoms with Gasteiger partial charge in [0.2, 0.25) is 0 Å². The van der Waals surface area contributed by atoms with Crippen LogP contribution >= 0.6 is 0 Å². The minimum Gasteiger partial charge on any atom is -0.405 e. The number of halogens is 3. The van der Waals surface area contributed by atoms with Crippen LogP contribution in [0.25, 0.3) is 11.1 Å². The zero-order valence-corrected chi connectivity index (χ0v) is 10.9. The molecule has 0 bridgehead atoms. The summed E-state index contributed by atoms with van der Waals surface area (Å²) in [6.45, 7) is 0. The van der Waals surface area contributed by atoms with Gasteiger partial charge in [-0.2, -0.15) is 0 Å². The van der Waals surface area contributed by atoms with Crippen LogP contribution in [0.2, 0.25) is 0 Å². The topological polar surface area (TPSA) is 26.3 Å². The van der Waals surface area contributed by atoms with Crippen molar-refractivity contribution in [2.24, 2.45) is 0 Å². The summed E-state index contributed by atoms with van der Waals surface area (Å²) in [6.07, 6.45) is -3.80. The normalized spacial score (nSPS) is 14.1. The molecule has 0 aliphatic heterocycles. The number of hydrogen-bond acceptors (Lipinski definition) is 2. The van der Waals surface area contributed by atoms with Crippen molar-refractivity contribution in [3.8, 4) is 16.9 Å². The molecule has 21 heavy (non-hydrogen) atoms. The van der Waals surface area contributed by atoms with Gasteiger partial charge in [0, 0.05) is 17.5 Å². The molecule has 5 heteroatoms. The summed E-state index contributed by atoms with van der Waals surface area (Å²) in [6, 6.07) is 11.1. The minimum atomic E-state index is -4.75. The van der Waals surface area contributed by atoms with Crippen molar-refractivity contribution in [1.29, 1.82) is 0 Å². The number of carbonyl (C=O) groups is 1. The summed E-state index contributed by atoms with van der Waals surface area (Å²) in [7, 11) is 0. The van der Waals surface area contributed by atoms with Crippen LogP contribution in [0.1, 0.15) is 22.3 Å². The predicted octanol–water partition coefficient (Wildman–Crippen LogP) is 4.38. The third-order valence-electron chi connectivity index (χ3n) is 3.48. The van der Waals surface area contributed by atoms with Crippen LogP contribution in [0.4, 0.5) is 13.2 Å². The molecular formula is C16H11F3O2. The fraction of sp³-hybridized carbons (Fsp3) is 0.188. The molecule has 0 atom stereocenters. The van der Waals surface area contributed by atoms with E-state index in [4.69, 9.17) is 0 Å². The van der Waals surface area contributed by atoms with Crippen molar-refractivity contribution < 1.29 is 22.7 Å². The van der Waals surface area contributed by atoms with Crippen LogP contribution in [0, 0.1) is 0 Å². The lowest BCUT2D eigenvalue weighted by atomic mass is 9.96. The Bertz CT molecular complexity index is 705. The third-order valence-corrected chi connectivity index (χ3v) is 3.48. The fourth-order valence-electron chi connectivity index (χ4n) is 2.65. The Morgan fingerprint density at radius 3 is 2.29 bits per heavy atom. The second kappa shape index (κ2) is 4.91. The Balaban J connectivity index is 2.12. The second-order valence-corrected chi connectivity index (χ2v) is 4.80. The zero-order valence-electron chi connectivity index (χ0n) is 10.9. The quantitative estimate of drug-likeness (QED) is 0.821. The van der Waals surface area contributed by atoms with E-state index in [-0.39, 0.29) is 11.5 Å². The fourth-order valence-corrected chi connectivity index (χ4v) is 2.65. The summed E-state index contributed by atoms with van der Waals surface area (Å²) in [5.41, 5.74) is 2.36. The molecule has 0 saturated carbocycles. The monoisotopic (exact) mass is 292 g/mol. The van der Waals surface area contributed by atoms with Crippen molar-refractivity contribution >= 4 is 5.78 Å². The van der Waals surface area contributed by atoms with Crippen LogP contribution in [0.15, 0.2) is 42.5 Å². The number of fused-ring (bicyclic) bond motifs is 1. The van der Waals surface area contributed by atoms with Crippen LogP contribution in [-0.2, 0) is 6.42 Å². The first-order chi connectivity index (χ1) is 9.96. The van der Waals surface area contributed by atoms with Crippen LogP contribution in [-0.4, -0.2) is 12.1 Å². The number of carbonyl (C=O) groups excluding carboxylic acids is 1. The minimum absolute atomic E-state index is 0.0288. The van der Waals surface area contributed by atoms with E-state index in [9.17, 15) is 18.0 Å². The Kier molecular flexibility index (Phi) is 3.20. The van der Waals surface area contributed by atoms with Gasteiger partial charge in [0.1, 0.15) is 5.75 Å². The molecule has 0 amide bonds. The number of hydrogen-bond donors (Lipinski definition) is 0. The molecule has 0 fully saturated rings. The van der Waals surface area contributed by atoms with Crippen molar-refractivity contribution in [3.63, 3.8) is 0 Å². The highest BCUT2D eigenvalue weighted by atomic mass is 19.4. The van der Waals surface area contributed by atoms with Crippen molar-refractivity contribution in [2.45, 2.75) is 19.2 Å². The van der Waals surface area contributed by atoms with E-state index in [1.807, 2.05) is 0 Å². The van der Waals surface area contributed by atoms with Gasteiger partial charge >= 0.3 is 6.36 Å². The Morgan fingerprint density at radius 2 is 1.52 bits per heavy atom.